The van der Waals surface area contributed by atoms with Gasteiger partial charge in [-0.1, -0.05) is 18.2 Å². The molecule has 3 N–H and O–H groups in total. The maximum Gasteiger partial charge on any atom is 0.191 e. The molecule has 2 unspecified atom stereocenters. The highest BCUT2D eigenvalue weighted by Crippen LogP contribution is 2.29. The van der Waals surface area contributed by atoms with Crippen LogP contribution < -0.4 is 10.6 Å². The molecule has 2 aromatic heterocycles. The minimum atomic E-state index is -0.584. The van der Waals surface area contributed by atoms with Crippen molar-refractivity contribution < 1.29 is 5.11 Å². The highest BCUT2D eigenvalue weighted by atomic mass is 127. The highest BCUT2D eigenvalue weighted by molar-refractivity contribution is 14.0. The van der Waals surface area contributed by atoms with Gasteiger partial charge in [-0.3, -0.25) is 9.67 Å². The van der Waals surface area contributed by atoms with E-state index in [0.717, 1.165) is 15.8 Å². The summed E-state index contributed by atoms with van der Waals surface area (Å²) >= 11 is 1.62. The lowest BCUT2D eigenvalue weighted by atomic mass is 10.1. The largest absolute Gasteiger partial charge is 0.386 e. The SMILES string of the molecule is CN=C(NCC(O)c1cc2ccccc2s1)NCC(c1cnn(C)c1)N(C)C.I. The van der Waals surface area contributed by atoms with Crippen molar-refractivity contribution in [3.63, 3.8) is 0 Å². The Bertz CT molecular complexity index is 905. The maximum atomic E-state index is 10.6. The first-order chi connectivity index (χ1) is 13.5. The fourth-order valence-corrected chi connectivity index (χ4v) is 4.14. The predicted octanol–water partition coefficient (Wildman–Crippen LogP) is 2.75. The smallest absolute Gasteiger partial charge is 0.191 e. The van der Waals surface area contributed by atoms with Crippen LogP contribution in [0, 0.1) is 0 Å². The molecular weight excluding hydrogens is 499 g/mol. The number of guanidine groups is 1. The monoisotopic (exact) mass is 528 g/mol. The van der Waals surface area contributed by atoms with Crippen molar-refractivity contribution in [3.05, 3.63) is 53.2 Å². The van der Waals surface area contributed by atoms with Gasteiger partial charge < -0.3 is 20.6 Å². The van der Waals surface area contributed by atoms with Crippen LogP contribution in [0.1, 0.15) is 22.6 Å². The fraction of sp³-hybridized carbons (Fsp3) is 0.400. The van der Waals surface area contributed by atoms with E-state index in [1.165, 1.54) is 4.70 Å². The van der Waals surface area contributed by atoms with E-state index in [9.17, 15) is 5.11 Å². The van der Waals surface area contributed by atoms with Crippen molar-refractivity contribution in [2.75, 3.05) is 34.2 Å². The molecular formula is C20H29IN6OS. The van der Waals surface area contributed by atoms with E-state index in [-0.39, 0.29) is 30.0 Å². The van der Waals surface area contributed by atoms with Crippen molar-refractivity contribution in [3.8, 4) is 0 Å². The van der Waals surface area contributed by atoms with E-state index >= 15 is 0 Å². The van der Waals surface area contributed by atoms with Crippen LogP contribution in [-0.4, -0.2) is 60.0 Å². The van der Waals surface area contributed by atoms with Crippen LogP contribution in [0.4, 0.5) is 0 Å². The average molecular weight is 528 g/mol. The van der Waals surface area contributed by atoms with Crippen LogP contribution in [-0.2, 0) is 7.05 Å². The lowest BCUT2D eigenvalue weighted by Crippen LogP contribution is -2.43. The summed E-state index contributed by atoms with van der Waals surface area (Å²) in [7, 11) is 7.73. The van der Waals surface area contributed by atoms with Gasteiger partial charge >= 0.3 is 0 Å². The van der Waals surface area contributed by atoms with Crippen LogP contribution in [0.3, 0.4) is 0 Å². The summed E-state index contributed by atoms with van der Waals surface area (Å²) < 4.78 is 2.99. The van der Waals surface area contributed by atoms with Gasteiger partial charge in [0.25, 0.3) is 0 Å². The zero-order chi connectivity index (χ0) is 20.1. The van der Waals surface area contributed by atoms with Gasteiger partial charge in [0.05, 0.1) is 12.2 Å². The quantitative estimate of drug-likeness (QED) is 0.250. The van der Waals surface area contributed by atoms with Crippen molar-refractivity contribution in [2.24, 2.45) is 12.0 Å². The van der Waals surface area contributed by atoms with Crippen molar-refractivity contribution in [1.29, 1.82) is 0 Å². The Morgan fingerprint density at radius 3 is 2.62 bits per heavy atom. The number of likely N-dealkylation sites (N-methyl/N-ethyl adjacent to an activating group) is 1. The topological polar surface area (TPSA) is 77.7 Å². The molecule has 0 aliphatic carbocycles. The standard InChI is InChI=1S/C20H28N6OS.HI/c1-21-20(22-11-16(25(2)3)15-10-24-26(4)13-15)23-12-17(27)19-9-14-7-5-6-8-18(14)28-19;/h5-10,13,16-17,27H,11-12H2,1-4H3,(H2,21,22,23);1H. The third kappa shape index (κ3) is 6.14. The minimum absolute atomic E-state index is 0. The fourth-order valence-electron chi connectivity index (χ4n) is 3.09. The first-order valence-corrected chi connectivity index (χ1v) is 10.1. The predicted molar refractivity (Wildman–Crippen MR) is 131 cm³/mol. The van der Waals surface area contributed by atoms with Gasteiger partial charge in [0.2, 0.25) is 0 Å². The third-order valence-electron chi connectivity index (χ3n) is 4.66. The molecule has 2 heterocycles. The molecule has 0 amide bonds. The Morgan fingerprint density at radius 2 is 2.00 bits per heavy atom. The number of aliphatic imine (C=N–C) groups is 1. The Hall–Kier alpha value is -1.69. The van der Waals surface area contributed by atoms with Crippen LogP contribution >= 0.6 is 35.3 Å². The highest BCUT2D eigenvalue weighted by Gasteiger charge is 2.17. The number of aliphatic hydroxyl groups is 1. The number of fused-ring (bicyclic) bond motifs is 1. The lowest BCUT2D eigenvalue weighted by molar-refractivity contribution is 0.184. The molecule has 0 aliphatic rings. The van der Waals surface area contributed by atoms with Crippen LogP contribution in [0.25, 0.3) is 10.1 Å². The summed E-state index contributed by atoms with van der Waals surface area (Å²) in [5.41, 5.74) is 1.14. The van der Waals surface area contributed by atoms with E-state index in [4.69, 9.17) is 0 Å². The molecule has 3 rings (SSSR count). The summed E-state index contributed by atoms with van der Waals surface area (Å²) in [6, 6.07) is 10.4. The van der Waals surface area contributed by atoms with E-state index in [1.807, 2.05) is 51.7 Å². The molecule has 0 aliphatic heterocycles. The number of nitrogens with one attached hydrogen (secondary N) is 2. The molecule has 7 nitrogen and oxygen atoms in total. The molecule has 9 heteroatoms. The Labute approximate surface area is 192 Å². The normalized spacial score (nSPS) is 13.9. The summed E-state index contributed by atoms with van der Waals surface area (Å²) in [6.07, 6.45) is 3.32. The zero-order valence-electron chi connectivity index (χ0n) is 17.2. The zero-order valence-corrected chi connectivity index (χ0v) is 20.3. The minimum Gasteiger partial charge on any atom is -0.386 e. The van der Waals surface area contributed by atoms with Gasteiger partial charge in [-0.15, -0.1) is 35.3 Å². The van der Waals surface area contributed by atoms with E-state index in [0.29, 0.717) is 19.0 Å². The molecule has 0 spiro atoms. The second-order valence-electron chi connectivity index (χ2n) is 6.96. The number of aromatic nitrogens is 2. The molecule has 0 saturated heterocycles. The van der Waals surface area contributed by atoms with Crippen molar-refractivity contribution in [1.82, 2.24) is 25.3 Å². The molecule has 0 radical (unpaired) electrons. The average Bonchev–Trinajstić information content (AvgIpc) is 3.30. The summed E-state index contributed by atoms with van der Waals surface area (Å²) in [5, 5.41) is 22.5. The molecule has 29 heavy (non-hydrogen) atoms. The van der Waals surface area contributed by atoms with Gasteiger partial charge in [-0.05, 0) is 31.6 Å². The number of halogens is 1. The number of hydrogen-bond donors (Lipinski definition) is 3. The first kappa shape index (κ1) is 23.6. The number of benzene rings is 1. The Kier molecular flexibility index (Phi) is 8.87. The molecule has 0 bridgehead atoms. The second-order valence-corrected chi connectivity index (χ2v) is 8.08. The maximum absolute atomic E-state index is 10.6. The Morgan fingerprint density at radius 1 is 1.28 bits per heavy atom. The number of aryl methyl sites for hydroxylation is 1. The molecule has 1 aromatic carbocycles. The third-order valence-corrected chi connectivity index (χ3v) is 5.87. The number of rotatable bonds is 7. The van der Waals surface area contributed by atoms with Crippen molar-refractivity contribution >= 4 is 51.4 Å². The van der Waals surface area contributed by atoms with Gasteiger partial charge in [-0.25, -0.2) is 0 Å². The molecule has 3 aromatic rings. The van der Waals surface area contributed by atoms with Crippen LogP contribution in [0.15, 0.2) is 47.7 Å². The molecule has 0 fully saturated rings. The number of hydrogen-bond acceptors (Lipinski definition) is 5. The van der Waals surface area contributed by atoms with Crippen molar-refractivity contribution in [2.45, 2.75) is 12.1 Å². The van der Waals surface area contributed by atoms with Gasteiger partial charge in [0.15, 0.2) is 5.96 Å². The van der Waals surface area contributed by atoms with Gasteiger partial charge in [0, 0.05) is 48.5 Å². The van der Waals surface area contributed by atoms with Crippen LogP contribution in [0.5, 0.6) is 0 Å². The number of thiophene rings is 1. The Balaban J connectivity index is 0.00000300. The summed E-state index contributed by atoms with van der Waals surface area (Å²) in [6.45, 7) is 1.07. The first-order valence-electron chi connectivity index (χ1n) is 9.24. The second kappa shape index (κ2) is 10.9. The molecule has 2 atom stereocenters. The van der Waals surface area contributed by atoms with E-state index < -0.39 is 6.10 Å². The number of aliphatic hydroxyl groups excluding tert-OH is 1. The molecule has 0 saturated carbocycles. The number of nitrogens with zero attached hydrogens (tertiary/aromatic N) is 4. The van der Waals surface area contributed by atoms with E-state index in [2.05, 4.69) is 37.8 Å². The molecule has 158 valence electrons. The summed E-state index contributed by atoms with van der Waals surface area (Å²) in [5.74, 6) is 0.663. The van der Waals surface area contributed by atoms with Crippen LogP contribution in [0.2, 0.25) is 0 Å². The van der Waals surface area contributed by atoms with Gasteiger partial charge in [0.1, 0.15) is 6.10 Å². The lowest BCUT2D eigenvalue weighted by Gasteiger charge is -2.25. The van der Waals surface area contributed by atoms with Gasteiger partial charge in [-0.2, -0.15) is 5.10 Å². The van der Waals surface area contributed by atoms with E-state index in [1.54, 1.807) is 23.1 Å². The summed E-state index contributed by atoms with van der Waals surface area (Å²) in [4.78, 5) is 7.37.